The van der Waals surface area contributed by atoms with Crippen molar-refractivity contribution in [3.8, 4) is 0 Å². The Balaban J connectivity index is 1.95. The molecule has 0 spiro atoms. The Hall–Kier alpha value is -0.240. The molecule has 76 valence electrons. The Morgan fingerprint density at radius 1 is 1.62 bits per heavy atom. The normalized spacial score (nSPS) is 19.2. The highest BCUT2D eigenvalue weighted by atomic mass is 35.5. The van der Waals surface area contributed by atoms with Gasteiger partial charge in [0.1, 0.15) is 0 Å². The molecule has 3 heteroatoms. The van der Waals surface area contributed by atoms with Gasteiger partial charge in [-0.3, -0.25) is 4.79 Å². The fourth-order valence-electron chi connectivity index (χ4n) is 1.41. The van der Waals surface area contributed by atoms with Crippen molar-refractivity contribution in [1.82, 2.24) is 5.32 Å². The molecule has 1 unspecified atom stereocenters. The van der Waals surface area contributed by atoms with E-state index in [9.17, 15) is 4.79 Å². The third-order valence-corrected chi connectivity index (χ3v) is 2.77. The van der Waals surface area contributed by atoms with Gasteiger partial charge in [-0.2, -0.15) is 0 Å². The summed E-state index contributed by atoms with van der Waals surface area (Å²) < 4.78 is 0. The number of rotatable bonds is 5. The van der Waals surface area contributed by atoms with Crippen molar-refractivity contribution in [2.45, 2.75) is 44.4 Å². The highest BCUT2D eigenvalue weighted by molar-refractivity contribution is 6.20. The van der Waals surface area contributed by atoms with E-state index in [1.807, 2.05) is 6.92 Å². The minimum atomic E-state index is 0.223. The summed E-state index contributed by atoms with van der Waals surface area (Å²) in [5.74, 6) is 0.557. The first kappa shape index (κ1) is 10.8. The Labute approximate surface area is 85.0 Å². The number of carbonyl (C=O) groups excluding carboxylic acids is 1. The molecular formula is C10H18ClNO. The van der Waals surface area contributed by atoms with Crippen LogP contribution in [0.3, 0.4) is 0 Å². The Kier molecular flexibility index (Phi) is 4.57. The first-order valence-electron chi connectivity index (χ1n) is 5.12. The molecule has 1 fully saturated rings. The third kappa shape index (κ3) is 3.99. The summed E-state index contributed by atoms with van der Waals surface area (Å²) in [7, 11) is 0. The molecule has 0 aromatic rings. The maximum atomic E-state index is 11.3. The molecule has 1 aliphatic rings. The van der Waals surface area contributed by atoms with Crippen LogP contribution in [0.15, 0.2) is 0 Å². The zero-order valence-corrected chi connectivity index (χ0v) is 8.94. The van der Waals surface area contributed by atoms with E-state index in [2.05, 4.69) is 5.32 Å². The predicted molar refractivity (Wildman–Crippen MR) is 54.9 cm³/mol. The number of halogens is 1. The molecule has 1 amide bonds. The van der Waals surface area contributed by atoms with Crippen LogP contribution in [0, 0.1) is 5.92 Å². The van der Waals surface area contributed by atoms with Crippen molar-refractivity contribution < 1.29 is 4.79 Å². The number of hydrogen-bond acceptors (Lipinski definition) is 1. The lowest BCUT2D eigenvalue weighted by Gasteiger charge is -2.24. The van der Waals surface area contributed by atoms with E-state index < -0.39 is 0 Å². The highest BCUT2D eigenvalue weighted by Crippen LogP contribution is 2.26. The minimum Gasteiger partial charge on any atom is -0.356 e. The van der Waals surface area contributed by atoms with E-state index in [1.165, 1.54) is 6.42 Å². The zero-order valence-electron chi connectivity index (χ0n) is 8.18. The maximum Gasteiger partial charge on any atom is 0.223 e. The van der Waals surface area contributed by atoms with Crippen molar-refractivity contribution in [3.05, 3.63) is 0 Å². The Morgan fingerprint density at radius 3 is 2.77 bits per heavy atom. The van der Waals surface area contributed by atoms with Gasteiger partial charge in [0, 0.05) is 17.8 Å². The van der Waals surface area contributed by atoms with E-state index in [-0.39, 0.29) is 11.3 Å². The molecule has 1 saturated carbocycles. The summed E-state index contributed by atoms with van der Waals surface area (Å²) in [5, 5.41) is 3.17. The summed E-state index contributed by atoms with van der Waals surface area (Å²) in [6, 6.07) is 0. The third-order valence-electron chi connectivity index (χ3n) is 2.55. The lowest BCUT2D eigenvalue weighted by Crippen LogP contribution is -2.35. The molecule has 2 nitrogen and oxygen atoms in total. The van der Waals surface area contributed by atoms with Crippen molar-refractivity contribution in [3.63, 3.8) is 0 Å². The molecule has 0 radical (unpaired) electrons. The lowest BCUT2D eigenvalue weighted by molar-refractivity contribution is -0.127. The second-order valence-corrected chi connectivity index (χ2v) is 4.59. The summed E-state index contributed by atoms with van der Waals surface area (Å²) >= 11 is 5.78. The Bertz CT molecular complexity index is 166. The van der Waals surface area contributed by atoms with Gasteiger partial charge >= 0.3 is 0 Å². The van der Waals surface area contributed by atoms with Crippen LogP contribution >= 0.6 is 11.6 Å². The van der Waals surface area contributed by atoms with E-state index in [1.54, 1.807) is 0 Å². The molecule has 13 heavy (non-hydrogen) atoms. The summed E-state index contributed by atoms with van der Waals surface area (Å²) in [5.41, 5.74) is 0. The Morgan fingerprint density at radius 2 is 2.31 bits per heavy atom. The van der Waals surface area contributed by atoms with Gasteiger partial charge in [-0.05, 0) is 32.6 Å². The fraction of sp³-hybridized carbons (Fsp3) is 0.900. The van der Waals surface area contributed by atoms with Crippen molar-refractivity contribution in [2.75, 3.05) is 6.54 Å². The minimum absolute atomic E-state index is 0.223. The number of carbonyl (C=O) groups is 1. The van der Waals surface area contributed by atoms with Crippen LogP contribution in [0.5, 0.6) is 0 Å². The summed E-state index contributed by atoms with van der Waals surface area (Å²) in [6.45, 7) is 2.77. The quantitative estimate of drug-likeness (QED) is 0.539. The molecule has 0 aliphatic heterocycles. The molecule has 1 N–H and O–H groups in total. The average molecular weight is 204 g/mol. The second kappa shape index (κ2) is 5.48. The maximum absolute atomic E-state index is 11.3. The standard InChI is InChI=1S/C10H18ClNO/c1-8(11)4-3-7-12-10(13)9-5-2-6-9/h8-9H,2-7H2,1H3,(H,12,13). The summed E-state index contributed by atoms with van der Waals surface area (Å²) in [4.78, 5) is 11.3. The molecule has 0 saturated heterocycles. The summed E-state index contributed by atoms with van der Waals surface area (Å²) in [6.07, 6.45) is 5.35. The van der Waals surface area contributed by atoms with Gasteiger partial charge in [-0.25, -0.2) is 0 Å². The van der Waals surface area contributed by atoms with Crippen LogP contribution in [-0.4, -0.2) is 17.8 Å². The average Bonchev–Trinajstić information content (AvgIpc) is 1.94. The van der Waals surface area contributed by atoms with Gasteiger partial charge in [-0.15, -0.1) is 11.6 Å². The van der Waals surface area contributed by atoms with Gasteiger partial charge in [0.2, 0.25) is 5.91 Å². The number of hydrogen-bond donors (Lipinski definition) is 1. The SMILES string of the molecule is CC(Cl)CCCNC(=O)C1CCC1. The van der Waals surface area contributed by atoms with Gasteiger partial charge in [0.05, 0.1) is 0 Å². The molecule has 0 aromatic carbocycles. The van der Waals surface area contributed by atoms with Gasteiger partial charge in [0.15, 0.2) is 0 Å². The van der Waals surface area contributed by atoms with Crippen molar-refractivity contribution >= 4 is 17.5 Å². The van der Waals surface area contributed by atoms with Crippen molar-refractivity contribution in [2.24, 2.45) is 5.92 Å². The molecule has 0 heterocycles. The smallest absolute Gasteiger partial charge is 0.223 e. The molecule has 1 aliphatic carbocycles. The zero-order chi connectivity index (χ0) is 9.68. The van der Waals surface area contributed by atoms with E-state index >= 15 is 0 Å². The second-order valence-electron chi connectivity index (χ2n) is 3.84. The predicted octanol–water partition coefficient (Wildman–Crippen LogP) is 2.31. The number of nitrogens with one attached hydrogen (secondary N) is 1. The first-order chi connectivity index (χ1) is 6.20. The monoisotopic (exact) mass is 203 g/mol. The van der Waals surface area contributed by atoms with Gasteiger partial charge in [0.25, 0.3) is 0 Å². The highest BCUT2D eigenvalue weighted by Gasteiger charge is 2.24. The van der Waals surface area contributed by atoms with Gasteiger partial charge < -0.3 is 5.32 Å². The number of alkyl halides is 1. The van der Waals surface area contributed by atoms with E-state index in [0.29, 0.717) is 5.92 Å². The molecule has 0 aromatic heterocycles. The van der Waals surface area contributed by atoms with Crippen LogP contribution in [0.2, 0.25) is 0 Å². The van der Waals surface area contributed by atoms with Crippen LogP contribution in [0.4, 0.5) is 0 Å². The topological polar surface area (TPSA) is 29.1 Å². The van der Waals surface area contributed by atoms with Crippen LogP contribution in [0.25, 0.3) is 0 Å². The van der Waals surface area contributed by atoms with E-state index in [4.69, 9.17) is 11.6 Å². The van der Waals surface area contributed by atoms with Crippen molar-refractivity contribution in [1.29, 1.82) is 0 Å². The van der Waals surface area contributed by atoms with Crippen LogP contribution in [0.1, 0.15) is 39.0 Å². The van der Waals surface area contributed by atoms with Crippen LogP contribution < -0.4 is 5.32 Å². The van der Waals surface area contributed by atoms with Crippen LogP contribution in [-0.2, 0) is 4.79 Å². The first-order valence-corrected chi connectivity index (χ1v) is 5.55. The molecule has 0 bridgehead atoms. The molecule has 1 atom stereocenters. The van der Waals surface area contributed by atoms with Gasteiger partial charge in [-0.1, -0.05) is 6.42 Å². The molecular weight excluding hydrogens is 186 g/mol. The fourth-order valence-corrected chi connectivity index (χ4v) is 1.56. The molecule has 1 rings (SSSR count). The largest absolute Gasteiger partial charge is 0.356 e. The lowest BCUT2D eigenvalue weighted by atomic mass is 9.85. The number of amides is 1. The van der Waals surface area contributed by atoms with E-state index in [0.717, 1.165) is 32.2 Å².